The van der Waals surface area contributed by atoms with E-state index in [2.05, 4.69) is 36.2 Å². The summed E-state index contributed by atoms with van der Waals surface area (Å²) in [5.74, 6) is 0.553. The Kier molecular flexibility index (Phi) is 5.30. The van der Waals surface area contributed by atoms with E-state index in [1.807, 2.05) is 6.07 Å². The van der Waals surface area contributed by atoms with Crippen molar-refractivity contribution in [3.63, 3.8) is 0 Å². The van der Waals surface area contributed by atoms with E-state index in [4.69, 9.17) is 11.6 Å². The lowest BCUT2D eigenvalue weighted by Gasteiger charge is -2.31. The van der Waals surface area contributed by atoms with Crippen LogP contribution < -0.4 is 5.32 Å². The Morgan fingerprint density at radius 1 is 1.43 bits per heavy atom. The first-order valence-electron chi connectivity index (χ1n) is 7.43. The smallest absolute Gasteiger partial charge is 0.229 e. The van der Waals surface area contributed by atoms with Crippen LogP contribution >= 0.6 is 27.5 Å². The third-order valence-electron chi connectivity index (χ3n) is 3.80. The van der Waals surface area contributed by atoms with Crippen LogP contribution in [0.5, 0.6) is 0 Å². The predicted molar refractivity (Wildman–Crippen MR) is 92.1 cm³/mol. The minimum atomic E-state index is -0.0415. The van der Waals surface area contributed by atoms with Gasteiger partial charge in [-0.25, -0.2) is 4.98 Å². The van der Waals surface area contributed by atoms with E-state index >= 15 is 0 Å². The highest BCUT2D eigenvalue weighted by Crippen LogP contribution is 2.19. The van der Waals surface area contributed by atoms with Crippen molar-refractivity contribution in [3.05, 3.63) is 40.2 Å². The van der Waals surface area contributed by atoms with Crippen molar-refractivity contribution in [3.8, 4) is 0 Å². The van der Waals surface area contributed by atoms with Gasteiger partial charge in [-0.15, -0.1) is 0 Å². The molecule has 3 heterocycles. The fourth-order valence-corrected chi connectivity index (χ4v) is 3.09. The van der Waals surface area contributed by atoms with E-state index in [9.17, 15) is 4.79 Å². The van der Waals surface area contributed by atoms with Crippen molar-refractivity contribution < 1.29 is 4.79 Å². The Labute approximate surface area is 148 Å². The van der Waals surface area contributed by atoms with Gasteiger partial charge in [-0.3, -0.25) is 14.4 Å². The van der Waals surface area contributed by atoms with Gasteiger partial charge >= 0.3 is 0 Å². The molecule has 2 aromatic heterocycles. The fourth-order valence-electron chi connectivity index (χ4n) is 2.70. The predicted octanol–water partition coefficient (Wildman–Crippen LogP) is 3.00. The molecular formula is C15H17BrClN5O. The van der Waals surface area contributed by atoms with Crippen molar-refractivity contribution in [2.45, 2.75) is 19.5 Å². The fraction of sp³-hybridized carbons (Fsp3) is 0.400. The van der Waals surface area contributed by atoms with Crippen LogP contribution in [0.15, 0.2) is 35.2 Å². The number of pyridine rings is 1. The summed E-state index contributed by atoms with van der Waals surface area (Å²) >= 11 is 9.21. The number of anilines is 1. The van der Waals surface area contributed by atoms with E-state index in [0.717, 1.165) is 23.9 Å². The largest absolute Gasteiger partial charge is 0.310 e. The highest BCUT2D eigenvalue weighted by Gasteiger charge is 2.26. The summed E-state index contributed by atoms with van der Waals surface area (Å²) in [7, 11) is 0. The standard InChI is InChI=1S/C15H17BrClN5O/c16-12-3-4-14(18-6-12)20-15(23)11-2-1-5-21(8-11)10-22-9-13(17)7-19-22/h3-4,6-7,9,11H,1-2,5,8,10H2,(H,18,20,23)/t11-/m1/s1. The first kappa shape index (κ1) is 16.4. The lowest BCUT2D eigenvalue weighted by Crippen LogP contribution is -2.41. The Balaban J connectivity index is 1.56. The van der Waals surface area contributed by atoms with Crippen LogP contribution in [0.25, 0.3) is 0 Å². The number of aromatic nitrogens is 3. The Hall–Kier alpha value is -1.44. The number of hydrogen-bond acceptors (Lipinski definition) is 4. The molecule has 0 aromatic carbocycles. The van der Waals surface area contributed by atoms with Gasteiger partial charge in [-0.2, -0.15) is 5.10 Å². The second kappa shape index (κ2) is 7.42. The molecule has 1 aliphatic heterocycles. The Morgan fingerprint density at radius 2 is 2.30 bits per heavy atom. The van der Waals surface area contributed by atoms with Crippen LogP contribution in [-0.2, 0) is 11.5 Å². The van der Waals surface area contributed by atoms with Crippen LogP contribution in [0.2, 0.25) is 5.02 Å². The van der Waals surface area contributed by atoms with Crippen molar-refractivity contribution >= 4 is 39.3 Å². The lowest BCUT2D eigenvalue weighted by atomic mass is 9.97. The third-order valence-corrected chi connectivity index (χ3v) is 4.47. The zero-order chi connectivity index (χ0) is 16.2. The molecule has 2 aromatic rings. The van der Waals surface area contributed by atoms with Crippen LogP contribution in [-0.4, -0.2) is 38.7 Å². The summed E-state index contributed by atoms with van der Waals surface area (Å²) in [5, 5.41) is 7.69. The van der Waals surface area contributed by atoms with Gasteiger partial charge in [0.05, 0.1) is 23.8 Å². The quantitative estimate of drug-likeness (QED) is 0.860. The van der Waals surface area contributed by atoms with Gasteiger partial charge in [-0.05, 0) is 47.4 Å². The molecule has 1 N–H and O–H groups in total. The molecule has 3 rings (SSSR count). The lowest BCUT2D eigenvalue weighted by molar-refractivity contribution is -0.121. The number of halogens is 2. The molecule has 1 saturated heterocycles. The molecule has 1 amide bonds. The topological polar surface area (TPSA) is 63.1 Å². The number of nitrogens with one attached hydrogen (secondary N) is 1. The molecule has 1 atom stereocenters. The first-order valence-corrected chi connectivity index (χ1v) is 8.60. The number of nitrogens with zero attached hydrogens (tertiary/aromatic N) is 4. The van der Waals surface area contributed by atoms with Gasteiger partial charge in [-0.1, -0.05) is 11.6 Å². The normalized spacial score (nSPS) is 18.8. The first-order chi connectivity index (χ1) is 11.1. The molecule has 0 saturated carbocycles. The van der Waals surface area contributed by atoms with Gasteiger partial charge < -0.3 is 5.32 Å². The Morgan fingerprint density at radius 3 is 3.00 bits per heavy atom. The van der Waals surface area contributed by atoms with Crippen molar-refractivity contribution in [2.24, 2.45) is 5.92 Å². The SMILES string of the molecule is O=C(Nc1ccc(Br)cn1)[C@@H]1CCCN(Cn2cc(Cl)cn2)C1. The highest BCUT2D eigenvalue weighted by molar-refractivity contribution is 9.10. The van der Waals surface area contributed by atoms with E-state index < -0.39 is 0 Å². The van der Waals surface area contributed by atoms with E-state index in [0.29, 0.717) is 24.1 Å². The number of rotatable bonds is 4. The van der Waals surface area contributed by atoms with Crippen LogP contribution in [0.4, 0.5) is 5.82 Å². The number of hydrogen-bond donors (Lipinski definition) is 1. The average Bonchev–Trinajstić information content (AvgIpc) is 2.95. The van der Waals surface area contributed by atoms with E-state index in [-0.39, 0.29) is 11.8 Å². The summed E-state index contributed by atoms with van der Waals surface area (Å²) in [6, 6.07) is 3.64. The zero-order valence-electron chi connectivity index (χ0n) is 12.5. The second-order valence-electron chi connectivity index (χ2n) is 5.61. The molecule has 0 spiro atoms. The number of piperidine rings is 1. The minimum Gasteiger partial charge on any atom is -0.310 e. The summed E-state index contributed by atoms with van der Waals surface area (Å²) in [6.07, 6.45) is 6.95. The molecule has 23 heavy (non-hydrogen) atoms. The maximum atomic E-state index is 12.4. The van der Waals surface area contributed by atoms with Crippen molar-refractivity contribution in [1.29, 1.82) is 0 Å². The van der Waals surface area contributed by atoms with Crippen LogP contribution in [0.3, 0.4) is 0 Å². The molecule has 0 bridgehead atoms. The molecule has 6 nitrogen and oxygen atoms in total. The molecule has 0 unspecified atom stereocenters. The third kappa shape index (κ3) is 4.53. The van der Waals surface area contributed by atoms with Crippen molar-refractivity contribution in [2.75, 3.05) is 18.4 Å². The molecular weight excluding hydrogens is 382 g/mol. The van der Waals surface area contributed by atoms with E-state index in [1.54, 1.807) is 29.3 Å². The second-order valence-corrected chi connectivity index (χ2v) is 6.96. The summed E-state index contributed by atoms with van der Waals surface area (Å²) in [4.78, 5) is 18.8. The van der Waals surface area contributed by atoms with Crippen LogP contribution in [0.1, 0.15) is 12.8 Å². The van der Waals surface area contributed by atoms with Gasteiger partial charge in [0.1, 0.15) is 5.82 Å². The zero-order valence-corrected chi connectivity index (χ0v) is 14.8. The van der Waals surface area contributed by atoms with Gasteiger partial charge in [0.25, 0.3) is 0 Å². The molecule has 122 valence electrons. The summed E-state index contributed by atoms with van der Waals surface area (Å²) in [6.45, 7) is 2.31. The summed E-state index contributed by atoms with van der Waals surface area (Å²) in [5.41, 5.74) is 0. The number of amides is 1. The summed E-state index contributed by atoms with van der Waals surface area (Å²) < 4.78 is 2.68. The van der Waals surface area contributed by atoms with E-state index in [1.165, 1.54) is 0 Å². The average molecular weight is 399 g/mol. The highest BCUT2D eigenvalue weighted by atomic mass is 79.9. The minimum absolute atomic E-state index is 0.0167. The number of carbonyl (C=O) groups excluding carboxylic acids is 1. The number of carbonyl (C=O) groups is 1. The van der Waals surface area contributed by atoms with Gasteiger partial charge in [0.2, 0.25) is 5.91 Å². The van der Waals surface area contributed by atoms with Gasteiger partial charge in [0, 0.05) is 23.4 Å². The van der Waals surface area contributed by atoms with Crippen LogP contribution in [0, 0.1) is 5.92 Å². The molecule has 0 aliphatic carbocycles. The van der Waals surface area contributed by atoms with Crippen molar-refractivity contribution in [1.82, 2.24) is 19.7 Å². The van der Waals surface area contributed by atoms with Gasteiger partial charge in [0.15, 0.2) is 0 Å². The maximum absolute atomic E-state index is 12.4. The Bertz CT molecular complexity index is 675. The number of likely N-dealkylation sites (tertiary alicyclic amines) is 1. The molecule has 0 radical (unpaired) electrons. The molecule has 8 heteroatoms. The maximum Gasteiger partial charge on any atom is 0.229 e. The monoisotopic (exact) mass is 397 g/mol. The molecule has 1 fully saturated rings. The molecule has 1 aliphatic rings.